The lowest BCUT2D eigenvalue weighted by Gasteiger charge is -2.35. The molecule has 0 bridgehead atoms. The van der Waals surface area contributed by atoms with E-state index in [0.29, 0.717) is 6.04 Å². The third-order valence-corrected chi connectivity index (χ3v) is 3.53. The summed E-state index contributed by atoms with van der Waals surface area (Å²) in [7, 11) is 0. The van der Waals surface area contributed by atoms with Gasteiger partial charge in [0.15, 0.2) is 0 Å². The maximum absolute atomic E-state index is 5.44. The van der Waals surface area contributed by atoms with Crippen LogP contribution in [-0.4, -0.2) is 53.8 Å². The summed E-state index contributed by atoms with van der Waals surface area (Å²) in [6, 6.07) is 0.596. The molecule has 5 heteroatoms. The highest BCUT2D eigenvalue weighted by molar-refractivity contribution is 4.87. The van der Waals surface area contributed by atoms with Gasteiger partial charge in [-0.25, -0.2) is 4.98 Å². The third-order valence-electron chi connectivity index (χ3n) is 3.53. The van der Waals surface area contributed by atoms with Gasteiger partial charge >= 0.3 is 0 Å². The van der Waals surface area contributed by atoms with Crippen molar-refractivity contribution in [3.05, 3.63) is 18.2 Å². The highest BCUT2D eigenvalue weighted by Crippen LogP contribution is 2.13. The Morgan fingerprint density at radius 3 is 2.84 bits per heavy atom. The Bertz CT molecular complexity index is 333. The zero-order chi connectivity index (χ0) is 13.5. The van der Waals surface area contributed by atoms with Gasteiger partial charge in [-0.15, -0.1) is 0 Å². The van der Waals surface area contributed by atoms with E-state index in [-0.39, 0.29) is 0 Å². The molecule has 1 aliphatic heterocycles. The first-order valence-corrected chi connectivity index (χ1v) is 7.26. The molecule has 19 heavy (non-hydrogen) atoms. The maximum atomic E-state index is 5.44. The summed E-state index contributed by atoms with van der Waals surface area (Å²) in [6.07, 6.45) is 4.89. The smallest absolute Gasteiger partial charge is 0.120 e. The van der Waals surface area contributed by atoms with Crippen molar-refractivity contribution in [3.8, 4) is 0 Å². The Morgan fingerprint density at radius 2 is 2.21 bits per heavy atom. The molecular weight excluding hydrogens is 240 g/mol. The standard InChI is InChI=1S/C14H26N4O/c1-12(2)9-13(18-5-7-19-8-6-18)10-15-11-14-16-3-4-17-14/h3-4,12-13,15H,5-11H2,1-2H3,(H,16,17). The zero-order valence-corrected chi connectivity index (χ0v) is 12.1. The average molecular weight is 266 g/mol. The lowest BCUT2D eigenvalue weighted by atomic mass is 10.0. The highest BCUT2D eigenvalue weighted by atomic mass is 16.5. The van der Waals surface area contributed by atoms with Gasteiger partial charge in [-0.1, -0.05) is 13.8 Å². The van der Waals surface area contributed by atoms with Crippen LogP contribution in [0.3, 0.4) is 0 Å². The number of nitrogens with zero attached hydrogens (tertiary/aromatic N) is 2. The monoisotopic (exact) mass is 266 g/mol. The van der Waals surface area contributed by atoms with Crippen LogP contribution in [0.15, 0.2) is 12.4 Å². The number of aromatic nitrogens is 2. The molecule has 5 nitrogen and oxygen atoms in total. The van der Waals surface area contributed by atoms with Crippen molar-refractivity contribution in [2.24, 2.45) is 5.92 Å². The fraction of sp³-hybridized carbons (Fsp3) is 0.786. The van der Waals surface area contributed by atoms with Crippen LogP contribution in [0.2, 0.25) is 0 Å². The van der Waals surface area contributed by atoms with Crippen molar-refractivity contribution >= 4 is 0 Å². The molecule has 0 aromatic carbocycles. The number of nitrogens with one attached hydrogen (secondary N) is 2. The van der Waals surface area contributed by atoms with E-state index in [0.717, 1.165) is 51.1 Å². The van der Waals surface area contributed by atoms with Gasteiger partial charge in [-0.3, -0.25) is 4.90 Å². The van der Waals surface area contributed by atoms with Crippen LogP contribution in [0.4, 0.5) is 0 Å². The summed E-state index contributed by atoms with van der Waals surface area (Å²) in [5.41, 5.74) is 0. The molecule has 2 N–H and O–H groups in total. The minimum atomic E-state index is 0.596. The second-order valence-electron chi connectivity index (χ2n) is 5.60. The van der Waals surface area contributed by atoms with Gasteiger partial charge in [0.25, 0.3) is 0 Å². The minimum Gasteiger partial charge on any atom is -0.379 e. The molecule has 0 saturated carbocycles. The van der Waals surface area contributed by atoms with E-state index >= 15 is 0 Å². The summed E-state index contributed by atoms with van der Waals surface area (Å²) in [4.78, 5) is 9.91. The summed E-state index contributed by atoms with van der Waals surface area (Å²) in [6.45, 7) is 10.3. The van der Waals surface area contributed by atoms with Crippen LogP contribution >= 0.6 is 0 Å². The fourth-order valence-corrected chi connectivity index (χ4v) is 2.60. The van der Waals surface area contributed by atoms with E-state index in [1.807, 2.05) is 6.20 Å². The van der Waals surface area contributed by atoms with E-state index in [4.69, 9.17) is 4.74 Å². The second kappa shape index (κ2) is 7.62. The molecular formula is C14H26N4O. The normalized spacial score (nSPS) is 18.9. The predicted octanol–water partition coefficient (Wildman–Crippen LogP) is 1.25. The van der Waals surface area contributed by atoms with Gasteiger partial charge in [0.05, 0.1) is 19.8 Å². The van der Waals surface area contributed by atoms with Crippen molar-refractivity contribution in [1.29, 1.82) is 0 Å². The van der Waals surface area contributed by atoms with Gasteiger partial charge in [0, 0.05) is 38.1 Å². The predicted molar refractivity (Wildman–Crippen MR) is 75.9 cm³/mol. The number of rotatable bonds is 7. The van der Waals surface area contributed by atoms with Gasteiger partial charge in [-0.05, 0) is 12.3 Å². The van der Waals surface area contributed by atoms with E-state index < -0.39 is 0 Å². The second-order valence-corrected chi connectivity index (χ2v) is 5.60. The van der Waals surface area contributed by atoms with E-state index in [9.17, 15) is 0 Å². The maximum Gasteiger partial charge on any atom is 0.120 e. The summed E-state index contributed by atoms with van der Waals surface area (Å²) in [5.74, 6) is 1.73. The number of hydrogen-bond donors (Lipinski definition) is 2. The van der Waals surface area contributed by atoms with Gasteiger partial charge in [0.1, 0.15) is 5.82 Å². The Hall–Kier alpha value is -0.910. The van der Waals surface area contributed by atoms with Gasteiger partial charge in [0.2, 0.25) is 0 Å². The van der Waals surface area contributed by atoms with Crippen LogP contribution in [0, 0.1) is 5.92 Å². The molecule has 1 aliphatic rings. The lowest BCUT2D eigenvalue weighted by Crippen LogP contribution is -2.48. The molecule has 1 fully saturated rings. The highest BCUT2D eigenvalue weighted by Gasteiger charge is 2.21. The first-order chi connectivity index (χ1) is 9.25. The number of morpholine rings is 1. The molecule has 2 rings (SSSR count). The quantitative estimate of drug-likeness (QED) is 0.780. The number of ether oxygens (including phenoxy) is 1. The molecule has 0 spiro atoms. The number of aromatic amines is 1. The summed E-state index contributed by atoms with van der Waals surface area (Å²) < 4.78 is 5.44. The van der Waals surface area contributed by atoms with Crippen LogP contribution in [0.1, 0.15) is 26.1 Å². The summed E-state index contributed by atoms with van der Waals surface area (Å²) in [5, 5.41) is 3.51. The molecule has 2 heterocycles. The first kappa shape index (κ1) is 14.5. The Kier molecular flexibility index (Phi) is 5.82. The van der Waals surface area contributed by atoms with Crippen LogP contribution < -0.4 is 5.32 Å². The van der Waals surface area contributed by atoms with Crippen molar-refractivity contribution in [2.75, 3.05) is 32.8 Å². The van der Waals surface area contributed by atoms with Gasteiger partial charge in [-0.2, -0.15) is 0 Å². The lowest BCUT2D eigenvalue weighted by molar-refractivity contribution is 0.0123. The molecule has 0 radical (unpaired) electrons. The molecule has 1 atom stereocenters. The number of H-pyrrole nitrogens is 1. The largest absolute Gasteiger partial charge is 0.379 e. The number of imidazole rings is 1. The Morgan fingerprint density at radius 1 is 1.42 bits per heavy atom. The Labute approximate surface area is 115 Å². The molecule has 1 unspecified atom stereocenters. The fourth-order valence-electron chi connectivity index (χ4n) is 2.60. The molecule has 1 saturated heterocycles. The van der Waals surface area contributed by atoms with Crippen molar-refractivity contribution in [2.45, 2.75) is 32.9 Å². The van der Waals surface area contributed by atoms with Crippen molar-refractivity contribution in [1.82, 2.24) is 20.2 Å². The molecule has 108 valence electrons. The number of hydrogen-bond acceptors (Lipinski definition) is 4. The summed E-state index contributed by atoms with van der Waals surface area (Å²) >= 11 is 0. The molecule has 0 aliphatic carbocycles. The van der Waals surface area contributed by atoms with Crippen molar-refractivity contribution < 1.29 is 4.74 Å². The van der Waals surface area contributed by atoms with E-state index in [2.05, 4.69) is 34.0 Å². The van der Waals surface area contributed by atoms with E-state index in [1.54, 1.807) is 6.20 Å². The molecule has 1 aromatic heterocycles. The van der Waals surface area contributed by atoms with Crippen molar-refractivity contribution in [3.63, 3.8) is 0 Å². The van der Waals surface area contributed by atoms with E-state index in [1.165, 1.54) is 6.42 Å². The Balaban J connectivity index is 1.79. The topological polar surface area (TPSA) is 53.2 Å². The zero-order valence-electron chi connectivity index (χ0n) is 12.1. The SMILES string of the molecule is CC(C)CC(CNCc1ncc[nH]1)N1CCOCC1. The first-order valence-electron chi connectivity index (χ1n) is 7.26. The molecule has 1 aromatic rings. The minimum absolute atomic E-state index is 0.596. The van der Waals surface area contributed by atoms with Crippen LogP contribution in [0.25, 0.3) is 0 Å². The average Bonchev–Trinajstić information content (AvgIpc) is 2.91. The molecule has 0 amide bonds. The van der Waals surface area contributed by atoms with Gasteiger partial charge < -0.3 is 15.0 Å². The van der Waals surface area contributed by atoms with Crippen LogP contribution in [0.5, 0.6) is 0 Å². The van der Waals surface area contributed by atoms with Crippen LogP contribution in [-0.2, 0) is 11.3 Å². The third kappa shape index (κ3) is 4.93.